The Bertz CT molecular complexity index is 1090. The maximum absolute atomic E-state index is 13.8. The number of hydrogen-bond donors (Lipinski definition) is 2. The van der Waals surface area contributed by atoms with Gasteiger partial charge < -0.3 is 10.1 Å². The van der Waals surface area contributed by atoms with Crippen LogP contribution in [0.3, 0.4) is 0 Å². The zero-order valence-electron chi connectivity index (χ0n) is 17.1. The van der Waals surface area contributed by atoms with E-state index in [-0.39, 0.29) is 35.7 Å². The van der Waals surface area contributed by atoms with Crippen molar-refractivity contribution in [3.63, 3.8) is 0 Å². The summed E-state index contributed by atoms with van der Waals surface area (Å²) in [6.07, 6.45) is 0.703. The van der Waals surface area contributed by atoms with Crippen LogP contribution in [-0.2, 0) is 9.53 Å². The summed E-state index contributed by atoms with van der Waals surface area (Å²) in [7, 11) is 0. The summed E-state index contributed by atoms with van der Waals surface area (Å²) in [6, 6.07) is 12.2. The van der Waals surface area contributed by atoms with Gasteiger partial charge in [0.2, 0.25) is 0 Å². The van der Waals surface area contributed by atoms with Gasteiger partial charge in [0.25, 0.3) is 17.1 Å². The van der Waals surface area contributed by atoms with E-state index in [1.54, 1.807) is 31.2 Å². The maximum Gasteiger partial charge on any atom is 0.411 e. The highest BCUT2D eigenvalue weighted by Gasteiger charge is 2.34. The van der Waals surface area contributed by atoms with E-state index in [1.807, 2.05) is 0 Å². The monoisotopic (exact) mass is 457 g/mol. The molecule has 1 aliphatic heterocycles. The van der Waals surface area contributed by atoms with E-state index in [2.05, 4.69) is 10.6 Å². The number of imide groups is 1. The molecule has 8 nitrogen and oxygen atoms in total. The molecule has 1 saturated heterocycles. The number of nitrogens with zero attached hydrogens (tertiary/aromatic N) is 1. The highest BCUT2D eigenvalue weighted by atomic mass is 32.2. The number of hydrogen-bond acceptors (Lipinski definition) is 6. The van der Waals surface area contributed by atoms with E-state index >= 15 is 0 Å². The maximum atomic E-state index is 13.8. The van der Waals surface area contributed by atoms with Crippen molar-refractivity contribution in [1.29, 1.82) is 0 Å². The second-order valence-corrected chi connectivity index (χ2v) is 7.53. The van der Waals surface area contributed by atoms with Crippen LogP contribution in [0.4, 0.5) is 19.7 Å². The summed E-state index contributed by atoms with van der Waals surface area (Å²) in [4.78, 5) is 49.7. The average molecular weight is 457 g/mol. The first-order chi connectivity index (χ1) is 15.4. The molecule has 4 amide bonds. The van der Waals surface area contributed by atoms with Crippen molar-refractivity contribution in [2.45, 2.75) is 6.92 Å². The molecule has 10 heteroatoms. The second-order valence-electron chi connectivity index (χ2n) is 6.54. The third-order valence-corrected chi connectivity index (χ3v) is 5.24. The second kappa shape index (κ2) is 10.6. The van der Waals surface area contributed by atoms with Gasteiger partial charge in [-0.1, -0.05) is 24.3 Å². The van der Waals surface area contributed by atoms with Crippen LogP contribution in [0, 0.1) is 5.82 Å². The summed E-state index contributed by atoms with van der Waals surface area (Å²) >= 11 is 0.719. The lowest BCUT2D eigenvalue weighted by molar-refractivity contribution is -0.122. The fourth-order valence-corrected chi connectivity index (χ4v) is 3.69. The number of amides is 4. The van der Waals surface area contributed by atoms with Crippen LogP contribution >= 0.6 is 11.8 Å². The van der Waals surface area contributed by atoms with Gasteiger partial charge in [0.05, 0.1) is 11.5 Å². The quantitative estimate of drug-likeness (QED) is 0.612. The van der Waals surface area contributed by atoms with E-state index in [4.69, 9.17) is 4.74 Å². The zero-order chi connectivity index (χ0) is 23.1. The molecular weight excluding hydrogens is 437 g/mol. The van der Waals surface area contributed by atoms with Gasteiger partial charge in [-0.2, -0.15) is 0 Å². The number of nitrogens with one attached hydrogen (secondary N) is 2. The number of carbonyl (C=O) groups is 4. The number of thioether (sulfide) groups is 1. The van der Waals surface area contributed by atoms with Crippen LogP contribution < -0.4 is 10.6 Å². The van der Waals surface area contributed by atoms with Gasteiger partial charge in [0, 0.05) is 29.9 Å². The molecule has 0 unspecified atom stereocenters. The van der Waals surface area contributed by atoms with E-state index in [0.717, 1.165) is 16.7 Å². The molecule has 32 heavy (non-hydrogen) atoms. The highest BCUT2D eigenvalue weighted by molar-refractivity contribution is 8.18. The fraction of sp³-hybridized carbons (Fsp3) is 0.182. The van der Waals surface area contributed by atoms with Gasteiger partial charge in [0.1, 0.15) is 5.82 Å². The molecule has 0 aromatic heterocycles. The summed E-state index contributed by atoms with van der Waals surface area (Å²) in [5.74, 6) is -1.48. The molecule has 0 aliphatic carbocycles. The summed E-state index contributed by atoms with van der Waals surface area (Å²) in [5, 5.41) is 4.64. The number of carbonyl (C=O) groups excluding carboxylic acids is 4. The van der Waals surface area contributed by atoms with E-state index in [1.165, 1.54) is 30.3 Å². The molecule has 166 valence electrons. The number of benzene rings is 2. The molecule has 1 heterocycles. The minimum Gasteiger partial charge on any atom is -0.450 e. The number of ether oxygens (including phenoxy) is 1. The van der Waals surface area contributed by atoms with Gasteiger partial charge in [0.15, 0.2) is 0 Å². The molecule has 0 bridgehead atoms. The van der Waals surface area contributed by atoms with Gasteiger partial charge >= 0.3 is 6.09 Å². The Kier molecular flexibility index (Phi) is 7.61. The Morgan fingerprint density at radius 2 is 1.94 bits per heavy atom. The Morgan fingerprint density at radius 3 is 2.69 bits per heavy atom. The molecular formula is C22H20FN3O5S. The predicted octanol–water partition coefficient (Wildman–Crippen LogP) is 3.86. The largest absolute Gasteiger partial charge is 0.450 e. The van der Waals surface area contributed by atoms with Gasteiger partial charge in [-0.05, 0) is 49.0 Å². The van der Waals surface area contributed by atoms with Crippen molar-refractivity contribution >= 4 is 46.7 Å². The Balaban J connectivity index is 1.56. The smallest absolute Gasteiger partial charge is 0.411 e. The lowest BCUT2D eigenvalue weighted by atomic mass is 10.2. The molecule has 3 rings (SSSR count). The van der Waals surface area contributed by atoms with Crippen LogP contribution in [0.1, 0.15) is 22.8 Å². The van der Waals surface area contributed by atoms with Gasteiger partial charge in [-0.25, -0.2) is 9.18 Å². The number of halogens is 1. The molecule has 1 aliphatic rings. The fourth-order valence-electron chi connectivity index (χ4n) is 2.83. The summed E-state index contributed by atoms with van der Waals surface area (Å²) < 4.78 is 18.6. The molecule has 2 aromatic carbocycles. The topological polar surface area (TPSA) is 105 Å². The van der Waals surface area contributed by atoms with Crippen LogP contribution in [-0.4, -0.2) is 47.7 Å². The standard InChI is InChI=1S/C22H20FN3O5S/c1-2-31-21(29)25-16-8-5-7-15(12-16)19(27)24-10-11-26-20(28)18(32-22(26)30)13-14-6-3-4-9-17(14)23/h3-9,12-13H,2,10-11H2,1H3,(H,24,27)(H,25,29)/b18-13-. The van der Waals surface area contributed by atoms with Crippen molar-refractivity contribution in [1.82, 2.24) is 10.2 Å². The first-order valence-electron chi connectivity index (χ1n) is 9.71. The molecule has 2 aromatic rings. The highest BCUT2D eigenvalue weighted by Crippen LogP contribution is 2.32. The lowest BCUT2D eigenvalue weighted by Crippen LogP contribution is -2.37. The van der Waals surface area contributed by atoms with Crippen molar-refractivity contribution in [3.05, 3.63) is 70.4 Å². The minimum absolute atomic E-state index is 0.0272. The van der Waals surface area contributed by atoms with E-state index in [0.29, 0.717) is 5.69 Å². The normalized spacial score (nSPS) is 14.6. The van der Waals surface area contributed by atoms with E-state index in [9.17, 15) is 23.6 Å². The van der Waals surface area contributed by atoms with Crippen LogP contribution in [0.15, 0.2) is 53.4 Å². The Hall–Kier alpha value is -3.66. The third-order valence-electron chi connectivity index (χ3n) is 4.33. The van der Waals surface area contributed by atoms with E-state index < -0.39 is 29.0 Å². The molecule has 0 saturated carbocycles. The van der Waals surface area contributed by atoms with Crippen LogP contribution in [0.2, 0.25) is 0 Å². The average Bonchev–Trinajstić information content (AvgIpc) is 3.03. The first-order valence-corrected chi connectivity index (χ1v) is 10.5. The number of rotatable bonds is 7. The first kappa shape index (κ1) is 23.0. The van der Waals surface area contributed by atoms with Crippen molar-refractivity contribution in [2.75, 3.05) is 25.0 Å². The van der Waals surface area contributed by atoms with Gasteiger partial charge in [-0.3, -0.25) is 24.6 Å². The third kappa shape index (κ3) is 5.73. The molecule has 1 fully saturated rings. The number of anilines is 1. The SMILES string of the molecule is CCOC(=O)Nc1cccc(C(=O)NCCN2C(=O)S/C(=C\c3ccccc3F)C2=O)c1. The lowest BCUT2D eigenvalue weighted by Gasteiger charge is -2.13. The Morgan fingerprint density at radius 1 is 1.16 bits per heavy atom. The van der Waals surface area contributed by atoms with Crippen molar-refractivity contribution in [3.8, 4) is 0 Å². The molecule has 0 spiro atoms. The summed E-state index contributed by atoms with van der Waals surface area (Å²) in [5.41, 5.74) is 0.885. The molecule has 2 N–H and O–H groups in total. The van der Waals surface area contributed by atoms with Crippen molar-refractivity contribution in [2.24, 2.45) is 0 Å². The minimum atomic E-state index is -0.632. The summed E-state index contributed by atoms with van der Waals surface area (Å²) in [6.45, 7) is 1.89. The molecule has 0 radical (unpaired) electrons. The molecule has 0 atom stereocenters. The van der Waals surface area contributed by atoms with Crippen LogP contribution in [0.25, 0.3) is 6.08 Å². The van der Waals surface area contributed by atoms with Crippen LogP contribution in [0.5, 0.6) is 0 Å². The Labute approximate surface area is 187 Å². The predicted molar refractivity (Wildman–Crippen MR) is 118 cm³/mol. The van der Waals surface area contributed by atoms with Crippen molar-refractivity contribution < 1.29 is 28.3 Å². The zero-order valence-corrected chi connectivity index (χ0v) is 17.9. The van der Waals surface area contributed by atoms with Gasteiger partial charge in [-0.15, -0.1) is 0 Å².